The first-order valence-electron chi connectivity index (χ1n) is 11.6. The molecule has 0 radical (unpaired) electrons. The summed E-state index contributed by atoms with van der Waals surface area (Å²) in [6.45, 7) is 1.29. The molecule has 10 heteroatoms. The summed E-state index contributed by atoms with van der Waals surface area (Å²) < 4.78 is 26.2. The van der Waals surface area contributed by atoms with E-state index in [-0.39, 0.29) is 29.2 Å². The fraction of sp³-hybridized carbons (Fsp3) is 0.440. The van der Waals surface area contributed by atoms with Gasteiger partial charge in [0, 0.05) is 17.6 Å². The highest BCUT2D eigenvalue weighted by atomic mass is 35.5. The molecule has 0 spiro atoms. The summed E-state index contributed by atoms with van der Waals surface area (Å²) in [6, 6.07) is 12.7. The Morgan fingerprint density at radius 2 is 1.66 bits per heavy atom. The number of para-hydroxylation sites is 1. The number of hydrogen-bond donors (Lipinski definition) is 1. The van der Waals surface area contributed by atoms with Crippen molar-refractivity contribution in [2.24, 2.45) is 0 Å². The Hall–Kier alpha value is -2.29. The highest BCUT2D eigenvalue weighted by molar-refractivity contribution is 7.92. The van der Waals surface area contributed by atoms with Crippen LogP contribution in [0.15, 0.2) is 48.5 Å². The van der Waals surface area contributed by atoms with Gasteiger partial charge in [-0.25, -0.2) is 8.42 Å². The van der Waals surface area contributed by atoms with Gasteiger partial charge in [-0.3, -0.25) is 13.9 Å². The van der Waals surface area contributed by atoms with Crippen LogP contribution in [0.3, 0.4) is 0 Å². The van der Waals surface area contributed by atoms with Gasteiger partial charge in [0.05, 0.1) is 17.0 Å². The number of halogens is 2. The quantitative estimate of drug-likeness (QED) is 0.503. The lowest BCUT2D eigenvalue weighted by Gasteiger charge is -2.33. The molecule has 1 aliphatic rings. The van der Waals surface area contributed by atoms with Crippen LogP contribution in [0.1, 0.15) is 44.6 Å². The van der Waals surface area contributed by atoms with E-state index < -0.39 is 28.5 Å². The van der Waals surface area contributed by atoms with Gasteiger partial charge in [-0.05, 0) is 49.6 Å². The Labute approximate surface area is 217 Å². The van der Waals surface area contributed by atoms with Crippen molar-refractivity contribution < 1.29 is 18.0 Å². The molecule has 1 atom stereocenters. The molecule has 35 heavy (non-hydrogen) atoms. The van der Waals surface area contributed by atoms with Crippen molar-refractivity contribution in [1.29, 1.82) is 0 Å². The molecule has 1 N–H and O–H groups in total. The van der Waals surface area contributed by atoms with Crippen molar-refractivity contribution in [2.45, 2.75) is 57.7 Å². The zero-order valence-corrected chi connectivity index (χ0v) is 22.2. The van der Waals surface area contributed by atoms with Crippen LogP contribution in [-0.4, -0.2) is 50.0 Å². The fourth-order valence-electron chi connectivity index (χ4n) is 4.19. The standard InChI is InChI=1S/C25H31Cl2N3O4S/c1-18(25(32)28-21-8-4-3-5-9-21)29(16-19-12-14-20(26)15-13-19)24(31)17-30(35(2,33)34)23-11-7-6-10-22(23)27/h6-7,10-15,18,21H,3-5,8-9,16-17H2,1-2H3,(H,28,32)/t18-/m0/s1. The topological polar surface area (TPSA) is 86.8 Å². The summed E-state index contributed by atoms with van der Waals surface area (Å²) >= 11 is 12.2. The molecule has 1 saturated carbocycles. The molecule has 2 aromatic carbocycles. The highest BCUT2D eigenvalue weighted by Gasteiger charge is 2.31. The van der Waals surface area contributed by atoms with E-state index in [0.29, 0.717) is 5.02 Å². The van der Waals surface area contributed by atoms with E-state index in [1.54, 1.807) is 55.5 Å². The minimum absolute atomic E-state index is 0.0850. The minimum atomic E-state index is -3.83. The van der Waals surface area contributed by atoms with Gasteiger partial charge in [0.25, 0.3) is 0 Å². The van der Waals surface area contributed by atoms with Gasteiger partial charge in [-0.1, -0.05) is 66.7 Å². The van der Waals surface area contributed by atoms with Crippen LogP contribution >= 0.6 is 23.2 Å². The number of amides is 2. The molecular weight excluding hydrogens is 509 g/mol. The maximum absolute atomic E-state index is 13.6. The average molecular weight is 541 g/mol. The second-order valence-corrected chi connectivity index (χ2v) is 11.6. The molecule has 190 valence electrons. The van der Waals surface area contributed by atoms with Gasteiger partial charge in [-0.15, -0.1) is 0 Å². The van der Waals surface area contributed by atoms with Gasteiger partial charge in [0.2, 0.25) is 21.8 Å². The molecule has 0 saturated heterocycles. The molecule has 3 rings (SSSR count). The van der Waals surface area contributed by atoms with Crippen molar-refractivity contribution in [3.63, 3.8) is 0 Å². The van der Waals surface area contributed by atoms with E-state index in [1.807, 2.05) is 0 Å². The number of carbonyl (C=O) groups is 2. The van der Waals surface area contributed by atoms with Gasteiger partial charge in [0.1, 0.15) is 12.6 Å². The van der Waals surface area contributed by atoms with Crippen LogP contribution in [0.25, 0.3) is 0 Å². The van der Waals surface area contributed by atoms with Gasteiger partial charge in [0.15, 0.2) is 0 Å². The third-order valence-electron chi connectivity index (χ3n) is 6.19. The molecule has 0 bridgehead atoms. The Bertz CT molecular complexity index is 1140. The number of carbonyl (C=O) groups excluding carboxylic acids is 2. The van der Waals surface area contributed by atoms with Crippen LogP contribution in [0, 0.1) is 0 Å². The predicted molar refractivity (Wildman–Crippen MR) is 140 cm³/mol. The highest BCUT2D eigenvalue weighted by Crippen LogP contribution is 2.27. The lowest BCUT2D eigenvalue weighted by molar-refractivity contribution is -0.139. The zero-order valence-electron chi connectivity index (χ0n) is 19.9. The Balaban J connectivity index is 1.87. The van der Waals surface area contributed by atoms with Crippen molar-refractivity contribution in [2.75, 3.05) is 17.1 Å². The summed E-state index contributed by atoms with van der Waals surface area (Å²) in [4.78, 5) is 28.1. The molecule has 2 aromatic rings. The summed E-state index contributed by atoms with van der Waals surface area (Å²) in [5, 5.41) is 3.83. The maximum Gasteiger partial charge on any atom is 0.244 e. The Kier molecular flexibility index (Phi) is 9.44. The summed E-state index contributed by atoms with van der Waals surface area (Å²) in [6.07, 6.45) is 6.14. The SMILES string of the molecule is C[C@@H](C(=O)NC1CCCCC1)N(Cc1ccc(Cl)cc1)C(=O)CN(c1ccccc1Cl)S(C)(=O)=O. The van der Waals surface area contributed by atoms with Crippen LogP contribution in [0.5, 0.6) is 0 Å². The van der Waals surface area contributed by atoms with Gasteiger partial charge in [-0.2, -0.15) is 0 Å². The van der Waals surface area contributed by atoms with E-state index in [9.17, 15) is 18.0 Å². The lowest BCUT2D eigenvalue weighted by Crippen LogP contribution is -2.53. The molecule has 1 aliphatic carbocycles. The number of hydrogen-bond acceptors (Lipinski definition) is 4. The molecule has 0 aliphatic heterocycles. The number of nitrogens with zero attached hydrogens (tertiary/aromatic N) is 2. The van der Waals surface area contributed by atoms with Crippen molar-refractivity contribution in [3.8, 4) is 0 Å². The van der Waals surface area contributed by atoms with Crippen LogP contribution in [0.4, 0.5) is 5.69 Å². The number of rotatable bonds is 9. The van der Waals surface area contributed by atoms with E-state index in [2.05, 4.69) is 5.32 Å². The maximum atomic E-state index is 13.6. The number of benzene rings is 2. The lowest BCUT2D eigenvalue weighted by atomic mass is 9.95. The van der Waals surface area contributed by atoms with Crippen LogP contribution < -0.4 is 9.62 Å². The molecular formula is C25H31Cl2N3O4S. The predicted octanol–water partition coefficient (Wildman–Crippen LogP) is 4.63. The van der Waals surface area contributed by atoms with Crippen molar-refractivity contribution in [1.82, 2.24) is 10.2 Å². The van der Waals surface area contributed by atoms with E-state index in [0.717, 1.165) is 48.2 Å². The normalized spacial score (nSPS) is 15.3. The van der Waals surface area contributed by atoms with E-state index in [4.69, 9.17) is 23.2 Å². The van der Waals surface area contributed by atoms with Crippen molar-refractivity contribution >= 4 is 50.7 Å². The molecule has 7 nitrogen and oxygen atoms in total. The van der Waals surface area contributed by atoms with E-state index in [1.165, 1.54) is 4.90 Å². The fourth-order valence-corrected chi connectivity index (χ4v) is 5.46. The second kappa shape index (κ2) is 12.1. The number of anilines is 1. The Morgan fingerprint density at radius 1 is 1.03 bits per heavy atom. The average Bonchev–Trinajstić information content (AvgIpc) is 2.82. The summed E-state index contributed by atoms with van der Waals surface area (Å²) in [5.74, 6) is -0.778. The first kappa shape index (κ1) is 27.3. The smallest absolute Gasteiger partial charge is 0.244 e. The van der Waals surface area contributed by atoms with Crippen molar-refractivity contribution in [3.05, 3.63) is 64.1 Å². The monoisotopic (exact) mass is 539 g/mol. The third-order valence-corrected chi connectivity index (χ3v) is 7.88. The summed E-state index contributed by atoms with van der Waals surface area (Å²) in [7, 11) is -3.83. The Morgan fingerprint density at radius 3 is 2.26 bits per heavy atom. The second-order valence-electron chi connectivity index (χ2n) is 8.89. The zero-order chi connectivity index (χ0) is 25.6. The molecule has 0 unspecified atom stereocenters. The molecule has 2 amide bonds. The van der Waals surface area contributed by atoms with Gasteiger partial charge >= 0.3 is 0 Å². The number of nitrogens with one attached hydrogen (secondary N) is 1. The van der Waals surface area contributed by atoms with Gasteiger partial charge < -0.3 is 10.2 Å². The first-order valence-corrected chi connectivity index (χ1v) is 14.2. The molecule has 0 aromatic heterocycles. The summed E-state index contributed by atoms with van der Waals surface area (Å²) in [5.41, 5.74) is 0.972. The minimum Gasteiger partial charge on any atom is -0.352 e. The van der Waals surface area contributed by atoms with Crippen LogP contribution in [-0.2, 0) is 26.2 Å². The number of sulfonamides is 1. The first-order chi connectivity index (χ1) is 16.6. The largest absolute Gasteiger partial charge is 0.352 e. The third kappa shape index (κ3) is 7.59. The van der Waals surface area contributed by atoms with Crippen LogP contribution in [0.2, 0.25) is 10.0 Å². The van der Waals surface area contributed by atoms with E-state index >= 15 is 0 Å². The molecule has 1 fully saturated rings. The molecule has 0 heterocycles.